The summed E-state index contributed by atoms with van der Waals surface area (Å²) >= 11 is 0. The number of aliphatic imine (C=N–C) groups is 1. The van der Waals surface area contributed by atoms with E-state index >= 15 is 0 Å². The summed E-state index contributed by atoms with van der Waals surface area (Å²) in [6.45, 7) is 1.98. The Morgan fingerprint density at radius 2 is 2.24 bits per heavy atom. The van der Waals surface area contributed by atoms with Crippen LogP contribution in [0.4, 0.5) is 24.7 Å². The van der Waals surface area contributed by atoms with Gasteiger partial charge in [0.2, 0.25) is 0 Å². The highest BCUT2D eigenvalue weighted by atomic mass is 19.4. The minimum absolute atomic E-state index is 0.0230. The summed E-state index contributed by atoms with van der Waals surface area (Å²) in [5, 5.41) is 24.1. The van der Waals surface area contributed by atoms with Gasteiger partial charge in [-0.15, -0.1) is 0 Å². The third kappa shape index (κ3) is 3.74. The number of rotatable bonds is 5. The number of nitro benzene ring substituents is 1. The van der Waals surface area contributed by atoms with Gasteiger partial charge in [-0.2, -0.15) is 28.5 Å². The molecule has 0 amide bonds. The van der Waals surface area contributed by atoms with E-state index in [1.54, 1.807) is 13.0 Å². The van der Waals surface area contributed by atoms with Gasteiger partial charge in [-0.05, 0) is 19.1 Å². The van der Waals surface area contributed by atoms with E-state index in [9.17, 15) is 23.3 Å². The molecule has 0 unspecified atom stereocenters. The molecule has 0 atom stereocenters. The van der Waals surface area contributed by atoms with Gasteiger partial charge in [0, 0.05) is 6.07 Å². The first-order valence-corrected chi connectivity index (χ1v) is 6.77. The van der Waals surface area contributed by atoms with Gasteiger partial charge in [-0.1, -0.05) is 0 Å². The van der Waals surface area contributed by atoms with E-state index in [-0.39, 0.29) is 17.1 Å². The molecule has 2 rings (SSSR count). The first kappa shape index (κ1) is 17.9. The van der Waals surface area contributed by atoms with Gasteiger partial charge in [0.25, 0.3) is 5.69 Å². The maximum atomic E-state index is 12.8. The van der Waals surface area contributed by atoms with Gasteiger partial charge in [0.05, 0.1) is 23.3 Å². The predicted molar refractivity (Wildman–Crippen MR) is 79.7 cm³/mol. The molecule has 130 valence electrons. The maximum absolute atomic E-state index is 12.8. The Balaban J connectivity index is 2.65. The molecule has 2 aromatic rings. The molecule has 0 spiro atoms. The number of halogens is 3. The van der Waals surface area contributed by atoms with Crippen molar-refractivity contribution in [1.82, 2.24) is 9.78 Å². The van der Waals surface area contributed by atoms with E-state index in [0.717, 1.165) is 23.3 Å². The first-order valence-electron chi connectivity index (χ1n) is 6.77. The van der Waals surface area contributed by atoms with E-state index in [1.165, 1.54) is 0 Å². The molecule has 0 saturated heterocycles. The second kappa shape index (κ2) is 7.00. The molecule has 0 N–H and O–H groups in total. The number of aromatic nitrogens is 2. The zero-order chi connectivity index (χ0) is 18.6. The summed E-state index contributed by atoms with van der Waals surface area (Å²) in [5.41, 5.74) is -2.28. The summed E-state index contributed by atoms with van der Waals surface area (Å²) in [4.78, 5) is 14.1. The molecule has 1 heterocycles. The fraction of sp³-hybridized carbons (Fsp3) is 0.214. The van der Waals surface area contributed by atoms with Gasteiger partial charge in [-0.3, -0.25) is 10.1 Å². The van der Waals surface area contributed by atoms with E-state index in [4.69, 9.17) is 10.00 Å². The lowest BCUT2D eigenvalue weighted by atomic mass is 10.1. The summed E-state index contributed by atoms with van der Waals surface area (Å²) in [7, 11) is 0. The molecular weight excluding hydrogens is 343 g/mol. The number of nitrogens with zero attached hydrogens (tertiary/aromatic N) is 5. The zero-order valence-electron chi connectivity index (χ0n) is 12.7. The molecule has 0 aliphatic heterocycles. The predicted octanol–water partition coefficient (Wildman–Crippen LogP) is 3.37. The molecule has 25 heavy (non-hydrogen) atoms. The largest absolute Gasteiger partial charge is 0.483 e. The molecule has 8 nitrogen and oxygen atoms in total. The highest BCUT2D eigenvalue weighted by Crippen LogP contribution is 2.35. The first-order chi connectivity index (χ1) is 11.8. The van der Waals surface area contributed by atoms with Crippen LogP contribution in [0.5, 0.6) is 0 Å². The monoisotopic (exact) mass is 353 g/mol. The Labute approximate surface area is 138 Å². The fourth-order valence-electron chi connectivity index (χ4n) is 1.91. The van der Waals surface area contributed by atoms with Crippen molar-refractivity contribution in [2.24, 2.45) is 4.99 Å². The van der Waals surface area contributed by atoms with E-state index in [0.29, 0.717) is 18.7 Å². The number of hydrogen-bond acceptors (Lipinski definition) is 6. The zero-order valence-corrected chi connectivity index (χ0v) is 12.7. The van der Waals surface area contributed by atoms with Gasteiger partial charge < -0.3 is 4.74 Å². The lowest BCUT2D eigenvalue weighted by Gasteiger charge is -2.09. The Hall–Kier alpha value is -3.42. The van der Waals surface area contributed by atoms with Crippen LogP contribution in [0.2, 0.25) is 0 Å². The molecule has 0 saturated carbocycles. The summed E-state index contributed by atoms with van der Waals surface area (Å²) in [6.07, 6.45) is -2.62. The molecule has 0 aliphatic rings. The third-order valence-electron chi connectivity index (χ3n) is 3.01. The number of nitriles is 1. The second-order valence-electron chi connectivity index (χ2n) is 4.55. The number of alkyl halides is 3. The minimum atomic E-state index is -4.73. The average molecular weight is 353 g/mol. The molecule has 0 bridgehead atoms. The number of ether oxygens (including phenoxy) is 1. The van der Waals surface area contributed by atoms with E-state index in [2.05, 4.69) is 10.1 Å². The summed E-state index contributed by atoms with van der Waals surface area (Å²) < 4.78 is 44.2. The van der Waals surface area contributed by atoms with Crippen molar-refractivity contribution in [2.75, 3.05) is 6.61 Å². The van der Waals surface area contributed by atoms with Crippen molar-refractivity contribution in [3.8, 4) is 11.8 Å². The van der Waals surface area contributed by atoms with Crippen LogP contribution in [0.25, 0.3) is 5.69 Å². The third-order valence-corrected chi connectivity index (χ3v) is 3.01. The van der Waals surface area contributed by atoms with E-state index < -0.39 is 22.4 Å². The number of benzene rings is 1. The van der Waals surface area contributed by atoms with Gasteiger partial charge in [0.15, 0.2) is 12.2 Å². The lowest BCUT2D eigenvalue weighted by molar-refractivity contribution is -0.384. The van der Waals surface area contributed by atoms with Crippen LogP contribution >= 0.6 is 0 Å². The quantitative estimate of drug-likeness (QED) is 0.354. The normalized spacial score (nSPS) is 11.5. The van der Waals surface area contributed by atoms with Crippen LogP contribution in [0.3, 0.4) is 0 Å². The van der Waals surface area contributed by atoms with Crippen LogP contribution in [0.15, 0.2) is 29.4 Å². The van der Waals surface area contributed by atoms with Gasteiger partial charge in [0.1, 0.15) is 17.3 Å². The van der Waals surface area contributed by atoms with Crippen LogP contribution in [-0.4, -0.2) is 27.7 Å². The Morgan fingerprint density at radius 3 is 2.80 bits per heavy atom. The SMILES string of the molecule is CCOC=Nc1c(C#N)cnn1-c1ccc(C(F)(F)F)cc1[N+](=O)[O-]. The Kier molecular flexibility index (Phi) is 5.02. The van der Waals surface area contributed by atoms with Gasteiger partial charge >= 0.3 is 6.18 Å². The van der Waals surface area contributed by atoms with Crippen molar-refractivity contribution in [3.63, 3.8) is 0 Å². The van der Waals surface area contributed by atoms with Crippen molar-refractivity contribution in [3.05, 3.63) is 45.6 Å². The maximum Gasteiger partial charge on any atom is 0.416 e. The molecule has 0 aliphatic carbocycles. The molecule has 1 aromatic heterocycles. The molecule has 11 heteroatoms. The second-order valence-corrected chi connectivity index (χ2v) is 4.55. The number of hydrogen-bond donors (Lipinski definition) is 0. The standard InChI is InChI=1S/C14H10F3N5O3/c1-2-25-8-19-13-9(6-18)7-20-21(13)11-4-3-10(14(15,16)17)5-12(11)22(23)24/h3-5,7-8H,2H2,1H3. The highest BCUT2D eigenvalue weighted by Gasteiger charge is 2.33. The molecule has 0 radical (unpaired) electrons. The fourth-order valence-corrected chi connectivity index (χ4v) is 1.91. The summed E-state index contributed by atoms with van der Waals surface area (Å²) in [5.74, 6) is -0.0983. The molecular formula is C14H10F3N5O3. The van der Waals surface area contributed by atoms with Crippen molar-refractivity contribution in [2.45, 2.75) is 13.1 Å². The Bertz CT molecular complexity index is 868. The van der Waals surface area contributed by atoms with Crippen LogP contribution < -0.4 is 0 Å². The number of nitro groups is 1. The summed E-state index contributed by atoms with van der Waals surface area (Å²) in [6, 6.07) is 3.78. The lowest BCUT2D eigenvalue weighted by Crippen LogP contribution is -2.08. The topological polar surface area (TPSA) is 106 Å². The van der Waals surface area contributed by atoms with Crippen LogP contribution in [0, 0.1) is 21.4 Å². The van der Waals surface area contributed by atoms with Crippen LogP contribution in [-0.2, 0) is 10.9 Å². The molecule has 0 fully saturated rings. The van der Waals surface area contributed by atoms with Crippen molar-refractivity contribution < 1.29 is 22.8 Å². The smallest absolute Gasteiger partial charge is 0.416 e. The van der Waals surface area contributed by atoms with E-state index in [1.807, 2.05) is 0 Å². The molecule has 1 aromatic carbocycles. The Morgan fingerprint density at radius 1 is 1.52 bits per heavy atom. The van der Waals surface area contributed by atoms with Crippen LogP contribution in [0.1, 0.15) is 18.1 Å². The van der Waals surface area contributed by atoms with Crippen molar-refractivity contribution in [1.29, 1.82) is 5.26 Å². The van der Waals surface area contributed by atoms with Gasteiger partial charge in [-0.25, -0.2) is 4.68 Å². The highest BCUT2D eigenvalue weighted by molar-refractivity contribution is 5.64. The average Bonchev–Trinajstić information content (AvgIpc) is 2.96. The minimum Gasteiger partial charge on any atom is -0.483 e. The van der Waals surface area contributed by atoms with Crippen molar-refractivity contribution >= 4 is 17.9 Å².